The predicted molar refractivity (Wildman–Crippen MR) is 83.0 cm³/mol. The minimum atomic E-state index is -0.322. The third-order valence-electron chi connectivity index (χ3n) is 3.38. The molecule has 108 valence electrons. The van der Waals surface area contributed by atoms with E-state index >= 15 is 0 Å². The molecule has 0 bridgehead atoms. The summed E-state index contributed by atoms with van der Waals surface area (Å²) in [6.45, 7) is 5.62. The quantitative estimate of drug-likeness (QED) is 0.846. The van der Waals surface area contributed by atoms with E-state index in [9.17, 15) is 0 Å². The third kappa shape index (κ3) is 3.23. The fraction of sp³-hybridized carbons (Fsp3) is 0.333. The van der Waals surface area contributed by atoms with Crippen molar-refractivity contribution >= 4 is 18.5 Å². The van der Waals surface area contributed by atoms with E-state index < -0.39 is 0 Å². The Kier molecular flexibility index (Phi) is 3.65. The van der Waals surface area contributed by atoms with Gasteiger partial charge in [-0.15, -0.1) is 0 Å². The van der Waals surface area contributed by atoms with Crippen molar-refractivity contribution in [2.45, 2.75) is 13.8 Å². The van der Waals surface area contributed by atoms with Crippen LogP contribution in [0.4, 0.5) is 5.95 Å². The fourth-order valence-corrected chi connectivity index (χ4v) is 2.26. The van der Waals surface area contributed by atoms with Gasteiger partial charge in [-0.1, -0.05) is 38.1 Å². The van der Waals surface area contributed by atoms with Gasteiger partial charge in [0.05, 0.1) is 5.69 Å². The summed E-state index contributed by atoms with van der Waals surface area (Å²) in [5, 5.41) is 0. The highest BCUT2D eigenvalue weighted by molar-refractivity contribution is 6.61. The van der Waals surface area contributed by atoms with E-state index in [2.05, 4.69) is 23.8 Å². The summed E-state index contributed by atoms with van der Waals surface area (Å²) in [5.41, 5.74) is 8.45. The fourth-order valence-electron chi connectivity index (χ4n) is 2.26. The zero-order valence-corrected chi connectivity index (χ0v) is 12.2. The number of benzene rings is 1. The minimum Gasteiger partial charge on any atom is -0.407 e. The van der Waals surface area contributed by atoms with Gasteiger partial charge in [0.25, 0.3) is 0 Å². The lowest BCUT2D eigenvalue weighted by Crippen LogP contribution is -2.47. The molecule has 5 nitrogen and oxygen atoms in total. The zero-order valence-electron chi connectivity index (χ0n) is 12.2. The number of nitrogens with two attached hydrogens (primary N) is 1. The van der Waals surface area contributed by atoms with Crippen molar-refractivity contribution in [3.8, 4) is 11.3 Å². The Balaban J connectivity index is 1.84. The number of hydrogen-bond donors (Lipinski definition) is 1. The van der Waals surface area contributed by atoms with E-state index in [1.165, 1.54) is 0 Å². The van der Waals surface area contributed by atoms with Crippen molar-refractivity contribution in [1.82, 2.24) is 9.97 Å². The van der Waals surface area contributed by atoms with E-state index in [1.807, 2.05) is 30.3 Å². The first-order valence-electron chi connectivity index (χ1n) is 6.96. The number of nitrogens with zero attached hydrogens (tertiary/aromatic N) is 2. The SMILES string of the molecule is CC1(C)COB(c2cccc(-c3ccnc(N)n3)c2)OC1. The standard InChI is InChI=1S/C15H18BN3O2/c1-15(2)9-20-16(21-10-15)12-5-3-4-11(8-12)13-6-7-18-14(17)19-13/h3-8H,9-10H2,1-2H3,(H2,17,18,19). The van der Waals surface area contributed by atoms with Gasteiger partial charge >= 0.3 is 7.12 Å². The van der Waals surface area contributed by atoms with Gasteiger partial charge in [0.15, 0.2) is 0 Å². The normalized spacial score (nSPS) is 17.7. The molecule has 2 heterocycles. The van der Waals surface area contributed by atoms with Gasteiger partial charge in [-0.2, -0.15) is 0 Å². The smallest absolute Gasteiger partial charge is 0.407 e. The Morgan fingerprint density at radius 1 is 1.19 bits per heavy atom. The lowest BCUT2D eigenvalue weighted by molar-refractivity contribution is 0.0343. The first-order valence-corrected chi connectivity index (χ1v) is 6.96. The maximum Gasteiger partial charge on any atom is 0.493 e. The molecule has 0 atom stereocenters. The lowest BCUT2D eigenvalue weighted by atomic mass is 9.75. The number of aromatic nitrogens is 2. The highest BCUT2D eigenvalue weighted by atomic mass is 16.6. The summed E-state index contributed by atoms with van der Waals surface area (Å²) in [6, 6.07) is 9.80. The number of rotatable bonds is 2. The molecular formula is C15H18BN3O2. The molecule has 1 aliphatic rings. The van der Waals surface area contributed by atoms with Gasteiger partial charge in [-0.3, -0.25) is 0 Å². The van der Waals surface area contributed by atoms with Crippen LogP contribution in [0, 0.1) is 5.41 Å². The molecule has 0 aliphatic carbocycles. The van der Waals surface area contributed by atoms with Crippen LogP contribution in [0.3, 0.4) is 0 Å². The van der Waals surface area contributed by atoms with Crippen LogP contribution in [-0.4, -0.2) is 30.3 Å². The average molecular weight is 283 g/mol. The maximum atomic E-state index is 5.81. The van der Waals surface area contributed by atoms with Gasteiger partial charge in [-0.05, 0) is 17.1 Å². The Labute approximate surface area is 124 Å². The molecule has 1 saturated heterocycles. The topological polar surface area (TPSA) is 70.3 Å². The maximum absolute atomic E-state index is 5.81. The highest BCUT2D eigenvalue weighted by Crippen LogP contribution is 2.22. The van der Waals surface area contributed by atoms with Crippen molar-refractivity contribution in [1.29, 1.82) is 0 Å². The third-order valence-corrected chi connectivity index (χ3v) is 3.38. The van der Waals surface area contributed by atoms with Gasteiger partial charge < -0.3 is 15.0 Å². The van der Waals surface area contributed by atoms with Gasteiger partial charge in [0, 0.05) is 24.8 Å². The molecule has 0 unspecified atom stereocenters. The van der Waals surface area contributed by atoms with E-state index in [-0.39, 0.29) is 18.5 Å². The minimum absolute atomic E-state index is 0.0647. The lowest BCUT2D eigenvalue weighted by Gasteiger charge is -2.33. The van der Waals surface area contributed by atoms with Gasteiger partial charge in [0.1, 0.15) is 0 Å². The number of hydrogen-bond acceptors (Lipinski definition) is 5. The van der Waals surface area contributed by atoms with Crippen molar-refractivity contribution < 1.29 is 9.31 Å². The van der Waals surface area contributed by atoms with Gasteiger partial charge in [0.2, 0.25) is 5.95 Å². The van der Waals surface area contributed by atoms with Crippen LogP contribution in [-0.2, 0) is 9.31 Å². The highest BCUT2D eigenvalue weighted by Gasteiger charge is 2.33. The van der Waals surface area contributed by atoms with Crippen LogP contribution >= 0.6 is 0 Å². The van der Waals surface area contributed by atoms with Crippen molar-refractivity contribution in [3.63, 3.8) is 0 Å². The molecular weight excluding hydrogens is 265 g/mol. The molecule has 0 radical (unpaired) electrons. The molecule has 2 N–H and O–H groups in total. The summed E-state index contributed by atoms with van der Waals surface area (Å²) in [4.78, 5) is 8.15. The summed E-state index contributed by atoms with van der Waals surface area (Å²) < 4.78 is 11.6. The first kappa shape index (κ1) is 14.0. The Morgan fingerprint density at radius 2 is 1.95 bits per heavy atom. The second-order valence-corrected chi connectivity index (χ2v) is 6.04. The Hall–Kier alpha value is -1.92. The van der Waals surface area contributed by atoms with Crippen LogP contribution in [0.5, 0.6) is 0 Å². The summed E-state index contributed by atoms with van der Waals surface area (Å²) in [6.07, 6.45) is 1.65. The van der Waals surface area contributed by atoms with Crippen molar-refractivity contribution in [2.24, 2.45) is 5.41 Å². The van der Waals surface area contributed by atoms with Gasteiger partial charge in [-0.25, -0.2) is 9.97 Å². The zero-order chi connectivity index (χ0) is 14.9. The second-order valence-electron chi connectivity index (χ2n) is 6.04. The molecule has 0 spiro atoms. The molecule has 1 aromatic carbocycles. The Bertz CT molecular complexity index is 638. The molecule has 0 saturated carbocycles. The molecule has 6 heteroatoms. The molecule has 0 amide bonds. The number of anilines is 1. The van der Waals surface area contributed by atoms with Crippen molar-refractivity contribution in [2.75, 3.05) is 18.9 Å². The monoisotopic (exact) mass is 283 g/mol. The van der Waals surface area contributed by atoms with Crippen LogP contribution in [0.15, 0.2) is 36.5 Å². The molecule has 3 rings (SSSR count). The van der Waals surface area contributed by atoms with Crippen LogP contribution in [0.2, 0.25) is 0 Å². The van der Waals surface area contributed by atoms with Crippen LogP contribution < -0.4 is 11.2 Å². The average Bonchev–Trinajstić information content (AvgIpc) is 2.47. The van der Waals surface area contributed by atoms with E-state index in [0.29, 0.717) is 13.2 Å². The van der Waals surface area contributed by atoms with E-state index in [0.717, 1.165) is 16.7 Å². The molecule has 21 heavy (non-hydrogen) atoms. The summed E-state index contributed by atoms with van der Waals surface area (Å²) in [5.74, 6) is 0.268. The van der Waals surface area contributed by atoms with Crippen LogP contribution in [0.25, 0.3) is 11.3 Å². The first-order chi connectivity index (χ1) is 10.0. The molecule has 1 fully saturated rings. The summed E-state index contributed by atoms with van der Waals surface area (Å²) in [7, 11) is -0.322. The second kappa shape index (κ2) is 5.46. The number of nitrogen functional groups attached to an aromatic ring is 1. The summed E-state index contributed by atoms with van der Waals surface area (Å²) >= 11 is 0. The van der Waals surface area contributed by atoms with E-state index in [4.69, 9.17) is 15.0 Å². The molecule has 1 aliphatic heterocycles. The predicted octanol–water partition coefficient (Wildman–Crippen LogP) is 1.49. The van der Waals surface area contributed by atoms with Crippen LogP contribution in [0.1, 0.15) is 13.8 Å². The largest absolute Gasteiger partial charge is 0.493 e. The Morgan fingerprint density at radius 3 is 2.67 bits per heavy atom. The van der Waals surface area contributed by atoms with E-state index in [1.54, 1.807) is 6.20 Å². The molecule has 2 aromatic rings. The molecule has 1 aromatic heterocycles. The van der Waals surface area contributed by atoms with Crippen molar-refractivity contribution in [3.05, 3.63) is 36.5 Å².